The van der Waals surface area contributed by atoms with Crippen molar-refractivity contribution in [3.63, 3.8) is 0 Å². The molecule has 0 amide bonds. The van der Waals surface area contributed by atoms with E-state index >= 15 is 0 Å². The number of aldehydes is 1. The predicted octanol–water partition coefficient (Wildman–Crippen LogP) is 3.22. The van der Waals surface area contributed by atoms with Crippen molar-refractivity contribution in [2.45, 2.75) is 6.92 Å². The molecule has 0 fully saturated rings. The highest BCUT2D eigenvalue weighted by atomic mass is 32.1. The maximum absolute atomic E-state index is 13.8. The second kappa shape index (κ2) is 4.81. The third-order valence-corrected chi connectivity index (χ3v) is 3.31. The fraction of sp³-hybridized carbons (Fsp3) is 0.167. The van der Waals surface area contributed by atoms with Crippen LogP contribution in [0.1, 0.15) is 14.7 Å². The topological polar surface area (TPSA) is 39.2 Å². The van der Waals surface area contributed by atoms with Gasteiger partial charge < -0.3 is 4.74 Å². The van der Waals surface area contributed by atoms with Crippen LogP contribution in [0, 0.1) is 18.6 Å². The van der Waals surface area contributed by atoms with Crippen LogP contribution in [-0.4, -0.2) is 18.4 Å². The molecule has 0 radical (unpaired) electrons. The van der Waals surface area contributed by atoms with Gasteiger partial charge in [0.25, 0.3) is 0 Å². The highest BCUT2D eigenvalue weighted by Crippen LogP contribution is 2.32. The van der Waals surface area contributed by atoms with Crippen molar-refractivity contribution in [3.8, 4) is 17.0 Å². The first kappa shape index (κ1) is 12.6. The van der Waals surface area contributed by atoms with E-state index in [4.69, 9.17) is 0 Å². The Hall–Kier alpha value is -1.82. The van der Waals surface area contributed by atoms with Gasteiger partial charge in [0, 0.05) is 16.5 Å². The molecular weight excluding hydrogens is 260 g/mol. The molecule has 18 heavy (non-hydrogen) atoms. The summed E-state index contributed by atoms with van der Waals surface area (Å²) in [4.78, 5) is 15.2. The average molecular weight is 269 g/mol. The molecule has 0 N–H and O–H groups in total. The Morgan fingerprint density at radius 2 is 2.06 bits per heavy atom. The second-order valence-electron chi connectivity index (χ2n) is 3.54. The lowest BCUT2D eigenvalue weighted by molar-refractivity contribution is 0.112. The largest absolute Gasteiger partial charge is 0.494 e. The lowest BCUT2D eigenvalue weighted by atomic mass is 10.1. The van der Waals surface area contributed by atoms with E-state index in [1.807, 2.05) is 0 Å². The number of thiazole rings is 1. The van der Waals surface area contributed by atoms with Gasteiger partial charge in [0.05, 0.1) is 12.8 Å². The fourth-order valence-electron chi connectivity index (χ4n) is 1.58. The molecule has 0 saturated carbocycles. The Labute approximate surface area is 106 Å². The summed E-state index contributed by atoms with van der Waals surface area (Å²) in [7, 11) is 1.26. The Balaban J connectivity index is 2.60. The molecule has 1 aromatic heterocycles. The molecule has 0 aliphatic carbocycles. The quantitative estimate of drug-likeness (QED) is 0.803. The van der Waals surface area contributed by atoms with E-state index in [0.717, 1.165) is 23.5 Å². The maximum atomic E-state index is 13.8. The van der Waals surface area contributed by atoms with Crippen molar-refractivity contribution in [3.05, 3.63) is 33.7 Å². The van der Waals surface area contributed by atoms with Crippen LogP contribution in [0.3, 0.4) is 0 Å². The van der Waals surface area contributed by atoms with Gasteiger partial charge in [-0.05, 0) is 13.0 Å². The van der Waals surface area contributed by atoms with Crippen molar-refractivity contribution in [2.75, 3.05) is 7.11 Å². The molecule has 2 rings (SSSR count). The van der Waals surface area contributed by atoms with Crippen LogP contribution in [0.25, 0.3) is 11.3 Å². The van der Waals surface area contributed by atoms with Crippen LogP contribution in [-0.2, 0) is 0 Å². The Morgan fingerprint density at radius 1 is 1.33 bits per heavy atom. The van der Waals surface area contributed by atoms with Gasteiger partial charge in [-0.3, -0.25) is 4.79 Å². The van der Waals surface area contributed by atoms with Crippen LogP contribution in [0.15, 0.2) is 12.1 Å². The lowest BCUT2D eigenvalue weighted by Gasteiger charge is -2.06. The van der Waals surface area contributed by atoms with Crippen LogP contribution in [0.4, 0.5) is 8.78 Å². The van der Waals surface area contributed by atoms with Gasteiger partial charge in [-0.1, -0.05) is 0 Å². The average Bonchev–Trinajstić information content (AvgIpc) is 2.73. The summed E-state index contributed by atoms with van der Waals surface area (Å²) in [6, 6.07) is 1.98. The minimum atomic E-state index is -0.672. The highest BCUT2D eigenvalue weighted by Gasteiger charge is 2.17. The maximum Gasteiger partial charge on any atom is 0.178 e. The van der Waals surface area contributed by atoms with Crippen LogP contribution < -0.4 is 4.74 Å². The van der Waals surface area contributed by atoms with E-state index in [9.17, 15) is 13.6 Å². The van der Waals surface area contributed by atoms with E-state index in [0.29, 0.717) is 11.2 Å². The summed E-state index contributed by atoms with van der Waals surface area (Å²) < 4.78 is 32.1. The van der Waals surface area contributed by atoms with Gasteiger partial charge in [0.15, 0.2) is 22.9 Å². The summed E-state index contributed by atoms with van der Waals surface area (Å²) in [5.74, 6) is -1.48. The standard InChI is InChI=1S/C12H9F2NO2S/c1-6-12(15-11(5-16)18-6)7-3-9(14)10(17-2)4-8(7)13/h3-5H,1-2H3. The van der Waals surface area contributed by atoms with E-state index in [-0.39, 0.29) is 22.0 Å². The molecule has 0 aliphatic rings. The van der Waals surface area contributed by atoms with Crippen LogP contribution >= 0.6 is 11.3 Å². The number of methoxy groups -OCH3 is 1. The zero-order valence-corrected chi connectivity index (χ0v) is 10.5. The van der Waals surface area contributed by atoms with Crippen LogP contribution in [0.5, 0.6) is 5.75 Å². The summed E-state index contributed by atoms with van der Waals surface area (Å²) in [5.41, 5.74) is 0.302. The number of aromatic nitrogens is 1. The first-order valence-corrected chi connectivity index (χ1v) is 5.84. The van der Waals surface area contributed by atoms with Gasteiger partial charge in [0.1, 0.15) is 5.82 Å². The number of nitrogens with zero attached hydrogens (tertiary/aromatic N) is 1. The minimum absolute atomic E-state index is 0.0233. The zero-order chi connectivity index (χ0) is 13.3. The first-order valence-electron chi connectivity index (χ1n) is 5.02. The molecule has 0 bridgehead atoms. The molecule has 6 heteroatoms. The highest BCUT2D eigenvalue weighted by molar-refractivity contribution is 7.13. The number of ether oxygens (including phenoxy) is 1. The number of hydrogen-bond donors (Lipinski definition) is 0. The van der Waals surface area contributed by atoms with Crippen molar-refractivity contribution < 1.29 is 18.3 Å². The van der Waals surface area contributed by atoms with Crippen molar-refractivity contribution >= 4 is 17.6 Å². The predicted molar refractivity (Wildman–Crippen MR) is 64.1 cm³/mol. The van der Waals surface area contributed by atoms with Gasteiger partial charge in [0.2, 0.25) is 0 Å². The number of carbonyl (C=O) groups is 1. The molecule has 0 spiro atoms. The minimum Gasteiger partial charge on any atom is -0.494 e. The molecule has 1 aromatic carbocycles. The summed E-state index contributed by atoms with van der Waals surface area (Å²) >= 11 is 1.13. The summed E-state index contributed by atoms with van der Waals surface area (Å²) in [5, 5.41) is 0.234. The lowest BCUT2D eigenvalue weighted by Crippen LogP contribution is -1.94. The molecule has 2 aromatic rings. The van der Waals surface area contributed by atoms with E-state index < -0.39 is 11.6 Å². The molecule has 0 aliphatic heterocycles. The molecule has 3 nitrogen and oxygen atoms in total. The number of benzene rings is 1. The Morgan fingerprint density at radius 3 is 2.61 bits per heavy atom. The summed E-state index contributed by atoms with van der Waals surface area (Å²) in [6.45, 7) is 1.70. The Bertz CT molecular complexity index is 610. The Kier molecular flexibility index (Phi) is 3.38. The third kappa shape index (κ3) is 2.11. The van der Waals surface area contributed by atoms with Crippen molar-refractivity contribution in [2.24, 2.45) is 0 Å². The SMILES string of the molecule is COc1cc(F)c(-c2nc(C=O)sc2C)cc1F. The number of rotatable bonds is 3. The second-order valence-corrected chi connectivity index (χ2v) is 4.78. The number of hydrogen-bond acceptors (Lipinski definition) is 4. The monoisotopic (exact) mass is 269 g/mol. The van der Waals surface area contributed by atoms with Gasteiger partial charge in [-0.15, -0.1) is 11.3 Å². The normalized spacial score (nSPS) is 10.4. The fourth-order valence-corrected chi connectivity index (χ4v) is 2.33. The van der Waals surface area contributed by atoms with E-state index in [1.54, 1.807) is 6.92 Å². The first-order chi connectivity index (χ1) is 8.56. The van der Waals surface area contributed by atoms with E-state index in [1.165, 1.54) is 7.11 Å². The third-order valence-electron chi connectivity index (χ3n) is 2.41. The number of aryl methyl sites for hydroxylation is 1. The van der Waals surface area contributed by atoms with Gasteiger partial charge in [-0.2, -0.15) is 0 Å². The number of carbonyl (C=O) groups excluding carboxylic acids is 1. The molecule has 94 valence electrons. The molecule has 0 unspecified atom stereocenters. The number of halogens is 2. The molecule has 0 saturated heterocycles. The molecular formula is C12H9F2NO2S. The van der Waals surface area contributed by atoms with Gasteiger partial charge in [-0.25, -0.2) is 13.8 Å². The van der Waals surface area contributed by atoms with Gasteiger partial charge >= 0.3 is 0 Å². The van der Waals surface area contributed by atoms with Crippen LogP contribution in [0.2, 0.25) is 0 Å². The van der Waals surface area contributed by atoms with Crippen molar-refractivity contribution in [1.29, 1.82) is 0 Å². The molecule has 1 heterocycles. The van der Waals surface area contributed by atoms with E-state index in [2.05, 4.69) is 9.72 Å². The summed E-state index contributed by atoms with van der Waals surface area (Å²) in [6.07, 6.45) is 0.582. The zero-order valence-electron chi connectivity index (χ0n) is 9.66. The molecule has 0 atom stereocenters. The smallest absolute Gasteiger partial charge is 0.178 e. The van der Waals surface area contributed by atoms with Crippen molar-refractivity contribution in [1.82, 2.24) is 4.98 Å².